The molecule has 0 atom stereocenters. The van der Waals surface area contributed by atoms with Gasteiger partial charge in [-0.2, -0.15) is 5.10 Å². The first kappa shape index (κ1) is 23.6. The van der Waals surface area contributed by atoms with Crippen molar-refractivity contribution in [3.8, 4) is 0 Å². The standard InChI is InChI=1S/C24H26N4O5/c1-3-4-7-14-28-23(31)19-9-6-5-8-18(19)21(27-28)24(32)33-15-20(29)26-17-12-10-16(11-13-17)22(30)25-2/h5-6,8-13H,3-4,7,14-15H2,1-2H3,(H,25,30)(H,26,29). The number of aryl methyl sites for hydroxylation is 1. The molecule has 0 spiro atoms. The fraction of sp³-hybridized carbons (Fsp3) is 0.292. The molecule has 1 aromatic heterocycles. The first-order valence-corrected chi connectivity index (χ1v) is 10.7. The molecular weight excluding hydrogens is 424 g/mol. The number of benzene rings is 2. The number of anilines is 1. The van der Waals surface area contributed by atoms with Gasteiger partial charge >= 0.3 is 5.97 Å². The van der Waals surface area contributed by atoms with Crippen molar-refractivity contribution in [2.45, 2.75) is 32.7 Å². The second-order valence-electron chi connectivity index (χ2n) is 7.41. The van der Waals surface area contributed by atoms with E-state index in [1.54, 1.807) is 48.5 Å². The lowest BCUT2D eigenvalue weighted by molar-refractivity contribution is -0.119. The van der Waals surface area contributed by atoms with Gasteiger partial charge in [0.15, 0.2) is 12.3 Å². The summed E-state index contributed by atoms with van der Waals surface area (Å²) in [5.41, 5.74) is 0.631. The lowest BCUT2D eigenvalue weighted by Gasteiger charge is -2.11. The topological polar surface area (TPSA) is 119 Å². The Morgan fingerprint density at radius 2 is 1.70 bits per heavy atom. The molecule has 2 aromatic carbocycles. The number of esters is 1. The molecule has 3 rings (SSSR count). The minimum Gasteiger partial charge on any atom is -0.451 e. The largest absolute Gasteiger partial charge is 0.451 e. The summed E-state index contributed by atoms with van der Waals surface area (Å²) in [5, 5.41) is 10.1. The highest BCUT2D eigenvalue weighted by Crippen LogP contribution is 2.15. The number of carbonyl (C=O) groups excluding carboxylic acids is 3. The molecule has 0 aliphatic rings. The zero-order valence-electron chi connectivity index (χ0n) is 18.6. The zero-order valence-corrected chi connectivity index (χ0v) is 18.6. The number of hydrogen-bond acceptors (Lipinski definition) is 6. The highest BCUT2D eigenvalue weighted by molar-refractivity contribution is 6.03. The van der Waals surface area contributed by atoms with E-state index in [2.05, 4.69) is 22.7 Å². The van der Waals surface area contributed by atoms with Gasteiger partial charge in [0.1, 0.15) is 0 Å². The SMILES string of the molecule is CCCCCn1nc(C(=O)OCC(=O)Nc2ccc(C(=O)NC)cc2)c2ccccc2c1=O. The van der Waals surface area contributed by atoms with E-state index in [0.29, 0.717) is 28.6 Å². The monoisotopic (exact) mass is 450 g/mol. The van der Waals surface area contributed by atoms with Gasteiger partial charge in [0.05, 0.1) is 5.39 Å². The van der Waals surface area contributed by atoms with Crippen molar-refractivity contribution in [2.75, 3.05) is 19.0 Å². The van der Waals surface area contributed by atoms with Gasteiger partial charge in [0.2, 0.25) is 0 Å². The first-order chi connectivity index (χ1) is 15.9. The summed E-state index contributed by atoms with van der Waals surface area (Å²) in [6, 6.07) is 13.0. The van der Waals surface area contributed by atoms with Crippen LogP contribution < -0.4 is 16.2 Å². The first-order valence-electron chi connectivity index (χ1n) is 10.7. The Hall–Kier alpha value is -4.01. The molecule has 1 heterocycles. The predicted molar refractivity (Wildman–Crippen MR) is 124 cm³/mol. The summed E-state index contributed by atoms with van der Waals surface area (Å²) in [4.78, 5) is 49.3. The minimum absolute atomic E-state index is 0.00979. The molecule has 0 saturated heterocycles. The lowest BCUT2D eigenvalue weighted by atomic mass is 10.1. The van der Waals surface area contributed by atoms with Crippen LogP contribution in [0.5, 0.6) is 0 Å². The van der Waals surface area contributed by atoms with E-state index < -0.39 is 18.5 Å². The molecule has 0 saturated carbocycles. The van der Waals surface area contributed by atoms with Crippen molar-refractivity contribution in [3.05, 3.63) is 70.1 Å². The summed E-state index contributed by atoms with van der Waals surface area (Å²) in [6.07, 6.45) is 2.68. The number of unbranched alkanes of at least 4 members (excludes halogenated alkanes) is 2. The third-order valence-electron chi connectivity index (χ3n) is 5.03. The summed E-state index contributed by atoms with van der Waals surface area (Å²) in [7, 11) is 1.53. The minimum atomic E-state index is -0.791. The molecule has 172 valence electrons. The number of hydrogen-bond donors (Lipinski definition) is 2. The van der Waals surface area contributed by atoms with Crippen molar-refractivity contribution in [3.63, 3.8) is 0 Å². The van der Waals surface area contributed by atoms with Crippen LogP contribution in [0.1, 0.15) is 47.0 Å². The highest BCUT2D eigenvalue weighted by Gasteiger charge is 2.19. The predicted octanol–water partition coefficient (Wildman–Crippen LogP) is 2.74. The van der Waals surface area contributed by atoms with E-state index in [0.717, 1.165) is 19.3 Å². The summed E-state index contributed by atoms with van der Waals surface area (Å²) in [5.74, 6) is -1.57. The average Bonchev–Trinajstić information content (AvgIpc) is 2.84. The molecule has 9 nitrogen and oxygen atoms in total. The fourth-order valence-electron chi connectivity index (χ4n) is 3.29. The van der Waals surface area contributed by atoms with Crippen LogP contribution in [0, 0.1) is 0 Å². The van der Waals surface area contributed by atoms with Crippen molar-refractivity contribution >= 4 is 34.2 Å². The number of aromatic nitrogens is 2. The quantitative estimate of drug-likeness (QED) is 0.382. The second-order valence-corrected chi connectivity index (χ2v) is 7.41. The van der Waals surface area contributed by atoms with Crippen LogP contribution in [0.4, 0.5) is 5.69 Å². The Morgan fingerprint density at radius 3 is 2.36 bits per heavy atom. The van der Waals surface area contributed by atoms with Crippen LogP contribution in [0.2, 0.25) is 0 Å². The highest BCUT2D eigenvalue weighted by atomic mass is 16.5. The van der Waals surface area contributed by atoms with Crippen molar-refractivity contribution in [1.29, 1.82) is 0 Å². The Morgan fingerprint density at radius 1 is 1.00 bits per heavy atom. The van der Waals surface area contributed by atoms with Gasteiger partial charge < -0.3 is 15.4 Å². The van der Waals surface area contributed by atoms with Crippen molar-refractivity contribution in [2.24, 2.45) is 0 Å². The smallest absolute Gasteiger partial charge is 0.359 e. The third-order valence-corrected chi connectivity index (χ3v) is 5.03. The van der Waals surface area contributed by atoms with Gasteiger partial charge in [-0.3, -0.25) is 14.4 Å². The van der Waals surface area contributed by atoms with Crippen molar-refractivity contribution in [1.82, 2.24) is 15.1 Å². The van der Waals surface area contributed by atoms with Gasteiger partial charge in [-0.05, 0) is 36.8 Å². The Labute approximate surface area is 190 Å². The maximum atomic E-state index is 12.7. The van der Waals surface area contributed by atoms with E-state index in [4.69, 9.17) is 4.74 Å². The van der Waals surface area contributed by atoms with E-state index in [-0.39, 0.29) is 17.2 Å². The van der Waals surface area contributed by atoms with Crippen LogP contribution >= 0.6 is 0 Å². The molecule has 0 aliphatic carbocycles. The maximum absolute atomic E-state index is 12.7. The molecule has 3 aromatic rings. The normalized spacial score (nSPS) is 10.6. The fourth-order valence-corrected chi connectivity index (χ4v) is 3.29. The number of nitrogens with one attached hydrogen (secondary N) is 2. The van der Waals surface area contributed by atoms with Gasteiger partial charge in [-0.25, -0.2) is 9.48 Å². The van der Waals surface area contributed by atoms with E-state index in [1.165, 1.54) is 11.7 Å². The lowest BCUT2D eigenvalue weighted by Crippen LogP contribution is -2.28. The zero-order chi connectivity index (χ0) is 23.8. The summed E-state index contributed by atoms with van der Waals surface area (Å²) >= 11 is 0. The van der Waals surface area contributed by atoms with Crippen LogP contribution in [0.25, 0.3) is 10.8 Å². The number of fused-ring (bicyclic) bond motifs is 1. The molecule has 9 heteroatoms. The van der Waals surface area contributed by atoms with Crippen molar-refractivity contribution < 1.29 is 19.1 Å². The van der Waals surface area contributed by atoms with Crippen LogP contribution in [-0.2, 0) is 16.1 Å². The number of carbonyl (C=O) groups is 3. The second kappa shape index (κ2) is 11.0. The third kappa shape index (κ3) is 5.82. The molecule has 0 bridgehead atoms. The van der Waals surface area contributed by atoms with Gasteiger partial charge in [0, 0.05) is 30.2 Å². The maximum Gasteiger partial charge on any atom is 0.359 e. The Kier molecular flexibility index (Phi) is 7.91. The van der Waals surface area contributed by atoms with Crippen LogP contribution in [0.3, 0.4) is 0 Å². The number of rotatable bonds is 9. The Balaban J connectivity index is 1.71. The molecule has 0 radical (unpaired) electrons. The number of amides is 2. The molecule has 0 fully saturated rings. The van der Waals surface area contributed by atoms with E-state index in [1.807, 2.05) is 0 Å². The molecule has 2 N–H and O–H groups in total. The molecule has 0 aliphatic heterocycles. The molecule has 0 unspecified atom stereocenters. The summed E-state index contributed by atoms with van der Waals surface area (Å²) < 4.78 is 6.46. The number of nitrogens with zero attached hydrogens (tertiary/aromatic N) is 2. The van der Waals surface area contributed by atoms with Gasteiger partial charge in [0.25, 0.3) is 17.4 Å². The van der Waals surface area contributed by atoms with Crippen LogP contribution in [-0.4, -0.2) is 41.2 Å². The van der Waals surface area contributed by atoms with E-state index >= 15 is 0 Å². The molecule has 2 amide bonds. The van der Waals surface area contributed by atoms with Gasteiger partial charge in [-0.15, -0.1) is 0 Å². The van der Waals surface area contributed by atoms with E-state index in [9.17, 15) is 19.2 Å². The Bertz CT molecular complexity index is 1220. The van der Waals surface area contributed by atoms with Gasteiger partial charge in [-0.1, -0.05) is 38.0 Å². The van der Waals surface area contributed by atoms with Crippen LogP contribution in [0.15, 0.2) is 53.3 Å². The summed E-state index contributed by atoms with van der Waals surface area (Å²) in [6.45, 7) is 1.92. The molecule has 33 heavy (non-hydrogen) atoms. The number of ether oxygens (including phenoxy) is 1. The molecular formula is C24H26N4O5. The average molecular weight is 450 g/mol.